The summed E-state index contributed by atoms with van der Waals surface area (Å²) in [6.07, 6.45) is 0. The number of rotatable bonds is 8. The molecular weight excluding hydrogens is 410 g/mol. The maximum absolute atomic E-state index is 12.8. The van der Waals surface area contributed by atoms with Crippen molar-refractivity contribution < 1.29 is 9.47 Å². The van der Waals surface area contributed by atoms with Gasteiger partial charge in [-0.05, 0) is 78.5 Å². The summed E-state index contributed by atoms with van der Waals surface area (Å²) in [5.74, 6) is 0.799. The van der Waals surface area contributed by atoms with Gasteiger partial charge in [0, 0.05) is 31.3 Å². The van der Waals surface area contributed by atoms with Gasteiger partial charge in [0.1, 0.15) is 5.75 Å². The summed E-state index contributed by atoms with van der Waals surface area (Å²) < 4.78 is 10.4. The summed E-state index contributed by atoms with van der Waals surface area (Å²) in [5.41, 5.74) is 4.83. The number of benzene rings is 2. The zero-order valence-electron chi connectivity index (χ0n) is 18.5. The van der Waals surface area contributed by atoms with Crippen molar-refractivity contribution in [1.82, 2.24) is 15.2 Å². The van der Waals surface area contributed by atoms with Crippen LogP contribution in [0.1, 0.15) is 22.3 Å². The van der Waals surface area contributed by atoms with Gasteiger partial charge in [0.25, 0.3) is 5.56 Å². The molecule has 0 unspecified atom stereocenters. The number of aromatic amines is 1. The molecule has 1 heterocycles. The number of nitrogens with zero attached hydrogens (tertiary/aromatic N) is 1. The van der Waals surface area contributed by atoms with Gasteiger partial charge in [-0.3, -0.25) is 4.79 Å². The number of hydrogen-bond acceptors (Lipinski definition) is 4. The van der Waals surface area contributed by atoms with E-state index in [4.69, 9.17) is 21.7 Å². The van der Waals surface area contributed by atoms with E-state index in [9.17, 15) is 4.79 Å². The van der Waals surface area contributed by atoms with Gasteiger partial charge >= 0.3 is 0 Å². The van der Waals surface area contributed by atoms with Gasteiger partial charge in [0.15, 0.2) is 5.11 Å². The van der Waals surface area contributed by atoms with Crippen molar-refractivity contribution >= 4 is 28.2 Å². The number of fused-ring (bicyclic) bond motifs is 1. The highest BCUT2D eigenvalue weighted by Gasteiger charge is 2.14. The topological polar surface area (TPSA) is 66.6 Å². The van der Waals surface area contributed by atoms with Crippen molar-refractivity contribution in [1.29, 1.82) is 0 Å². The smallest absolute Gasteiger partial charge is 0.253 e. The van der Waals surface area contributed by atoms with Crippen LogP contribution in [-0.4, -0.2) is 42.4 Å². The van der Waals surface area contributed by atoms with Crippen LogP contribution >= 0.6 is 12.2 Å². The molecule has 164 valence electrons. The Kier molecular flexibility index (Phi) is 7.65. The number of H-pyrrole nitrogens is 1. The molecule has 0 aliphatic heterocycles. The Labute approximate surface area is 188 Å². The molecule has 3 rings (SSSR count). The highest BCUT2D eigenvalue weighted by Crippen LogP contribution is 2.19. The van der Waals surface area contributed by atoms with Crippen molar-refractivity contribution in [3.05, 3.63) is 75.1 Å². The molecule has 0 atom stereocenters. The average Bonchev–Trinajstić information content (AvgIpc) is 2.75. The molecule has 0 radical (unpaired) electrons. The first kappa shape index (κ1) is 22.8. The third-order valence-electron chi connectivity index (χ3n) is 5.30. The molecule has 0 aliphatic rings. The second-order valence-corrected chi connectivity index (χ2v) is 7.96. The van der Waals surface area contributed by atoms with Crippen molar-refractivity contribution in [2.45, 2.75) is 26.9 Å². The van der Waals surface area contributed by atoms with E-state index < -0.39 is 0 Å². The number of thiocarbonyl (C=S) groups is 1. The van der Waals surface area contributed by atoms with Crippen molar-refractivity contribution in [3.8, 4) is 5.75 Å². The summed E-state index contributed by atoms with van der Waals surface area (Å²) in [6, 6.07) is 13.9. The third kappa shape index (κ3) is 5.83. The molecule has 2 aromatic carbocycles. The number of pyridine rings is 1. The lowest BCUT2D eigenvalue weighted by Crippen LogP contribution is -2.41. The average molecular weight is 440 g/mol. The Morgan fingerprint density at radius 3 is 2.45 bits per heavy atom. The molecule has 0 fully saturated rings. The van der Waals surface area contributed by atoms with E-state index in [1.807, 2.05) is 48.2 Å². The summed E-state index contributed by atoms with van der Waals surface area (Å²) in [7, 11) is 3.30. The van der Waals surface area contributed by atoms with Crippen LogP contribution < -0.4 is 15.6 Å². The predicted octanol–water partition coefficient (Wildman–Crippen LogP) is 3.68. The normalized spacial score (nSPS) is 10.8. The van der Waals surface area contributed by atoms with Gasteiger partial charge in [-0.2, -0.15) is 0 Å². The van der Waals surface area contributed by atoms with E-state index >= 15 is 0 Å². The first-order valence-electron chi connectivity index (χ1n) is 10.2. The van der Waals surface area contributed by atoms with Crippen LogP contribution in [0.2, 0.25) is 0 Å². The van der Waals surface area contributed by atoms with Gasteiger partial charge in [0.05, 0.1) is 20.3 Å². The zero-order valence-corrected chi connectivity index (χ0v) is 19.3. The van der Waals surface area contributed by atoms with Crippen LogP contribution in [0.4, 0.5) is 0 Å². The molecule has 3 aromatic rings. The number of ether oxygens (including phenoxy) is 2. The van der Waals surface area contributed by atoms with E-state index in [1.165, 1.54) is 5.56 Å². The Hall–Kier alpha value is -2.90. The molecule has 31 heavy (non-hydrogen) atoms. The van der Waals surface area contributed by atoms with Crippen LogP contribution in [0.15, 0.2) is 47.3 Å². The minimum atomic E-state index is -0.102. The largest absolute Gasteiger partial charge is 0.497 e. The molecular formula is C24H29N3O3S. The Balaban J connectivity index is 1.89. The Morgan fingerprint density at radius 1 is 1.06 bits per heavy atom. The SMILES string of the molecule is COCCNC(=S)N(Cc1ccc(OC)cc1)Cc1cc2cc(C)c(C)cc2[nH]c1=O. The lowest BCUT2D eigenvalue weighted by molar-refractivity contribution is 0.202. The van der Waals surface area contributed by atoms with Crippen LogP contribution in [-0.2, 0) is 17.8 Å². The minimum Gasteiger partial charge on any atom is -0.497 e. The third-order valence-corrected chi connectivity index (χ3v) is 5.70. The maximum Gasteiger partial charge on any atom is 0.253 e. The molecule has 2 N–H and O–H groups in total. The fourth-order valence-electron chi connectivity index (χ4n) is 3.37. The molecule has 0 amide bonds. The van der Waals surface area contributed by atoms with Crippen LogP contribution in [0.5, 0.6) is 5.75 Å². The van der Waals surface area contributed by atoms with Gasteiger partial charge in [0.2, 0.25) is 0 Å². The fourth-order valence-corrected chi connectivity index (χ4v) is 3.60. The Morgan fingerprint density at radius 2 is 1.77 bits per heavy atom. The molecule has 0 saturated carbocycles. The van der Waals surface area contributed by atoms with Gasteiger partial charge < -0.3 is 24.7 Å². The number of hydrogen-bond donors (Lipinski definition) is 2. The van der Waals surface area contributed by atoms with Gasteiger partial charge in [-0.1, -0.05) is 12.1 Å². The Bertz CT molecular complexity index is 1110. The van der Waals surface area contributed by atoms with Crippen molar-refractivity contribution in [2.24, 2.45) is 0 Å². The first-order chi connectivity index (χ1) is 14.9. The molecule has 0 saturated heterocycles. The molecule has 7 heteroatoms. The molecule has 1 aromatic heterocycles. The second kappa shape index (κ2) is 10.4. The number of nitrogens with one attached hydrogen (secondary N) is 2. The lowest BCUT2D eigenvalue weighted by Gasteiger charge is -2.26. The monoisotopic (exact) mass is 439 g/mol. The molecule has 0 bridgehead atoms. The number of methoxy groups -OCH3 is 2. The van der Waals surface area contributed by atoms with Crippen molar-refractivity contribution in [3.63, 3.8) is 0 Å². The number of aryl methyl sites for hydroxylation is 2. The minimum absolute atomic E-state index is 0.102. The van der Waals surface area contributed by atoms with Crippen LogP contribution in [0.25, 0.3) is 10.9 Å². The van der Waals surface area contributed by atoms with E-state index in [0.717, 1.165) is 27.8 Å². The summed E-state index contributed by atoms with van der Waals surface area (Å²) in [4.78, 5) is 17.8. The standard InChI is InChI=1S/C24H29N3O3S/c1-16-11-19-13-20(23(28)26-22(19)12-17(16)2)15-27(24(31)25-9-10-29-3)14-18-5-7-21(30-4)8-6-18/h5-8,11-13H,9-10,14-15H2,1-4H3,(H,25,31)(H,26,28). The molecule has 6 nitrogen and oxygen atoms in total. The quantitative estimate of drug-likeness (QED) is 0.412. The maximum atomic E-state index is 12.8. The van der Waals surface area contributed by atoms with E-state index in [-0.39, 0.29) is 5.56 Å². The van der Waals surface area contributed by atoms with E-state index in [0.29, 0.717) is 36.9 Å². The van der Waals surface area contributed by atoms with Crippen LogP contribution in [0, 0.1) is 13.8 Å². The van der Waals surface area contributed by atoms with E-state index in [1.54, 1.807) is 14.2 Å². The summed E-state index contributed by atoms with van der Waals surface area (Å²) >= 11 is 5.64. The second-order valence-electron chi connectivity index (χ2n) is 7.58. The molecule has 0 aliphatic carbocycles. The van der Waals surface area contributed by atoms with E-state index in [2.05, 4.69) is 23.3 Å². The fraction of sp³-hybridized carbons (Fsp3) is 0.333. The van der Waals surface area contributed by atoms with Gasteiger partial charge in [-0.25, -0.2) is 0 Å². The summed E-state index contributed by atoms with van der Waals surface area (Å²) in [6.45, 7) is 6.22. The number of aromatic nitrogens is 1. The van der Waals surface area contributed by atoms with Crippen molar-refractivity contribution in [2.75, 3.05) is 27.4 Å². The molecule has 0 spiro atoms. The highest BCUT2D eigenvalue weighted by atomic mass is 32.1. The van der Waals surface area contributed by atoms with Crippen LogP contribution in [0.3, 0.4) is 0 Å². The summed E-state index contributed by atoms with van der Waals surface area (Å²) in [5, 5.41) is 4.81. The highest BCUT2D eigenvalue weighted by molar-refractivity contribution is 7.80. The predicted molar refractivity (Wildman–Crippen MR) is 129 cm³/mol. The first-order valence-corrected chi connectivity index (χ1v) is 10.6. The van der Waals surface area contributed by atoms with Gasteiger partial charge in [-0.15, -0.1) is 0 Å². The zero-order chi connectivity index (χ0) is 22.4. The lowest BCUT2D eigenvalue weighted by atomic mass is 10.0.